The number of likely N-dealkylation sites (tertiary alicyclic amines) is 1. The number of piperidine rings is 1. The van der Waals surface area contributed by atoms with E-state index >= 15 is 0 Å². The van der Waals surface area contributed by atoms with E-state index in [1.807, 2.05) is 18.2 Å². The number of ether oxygens (including phenoxy) is 3. The molecule has 1 atom stereocenters. The summed E-state index contributed by atoms with van der Waals surface area (Å²) in [4.78, 5) is 39.3. The number of rotatable bonds is 9. The molecule has 0 spiro atoms. The topological polar surface area (TPSA) is 118 Å². The zero-order chi connectivity index (χ0) is 26.1. The number of anilines is 1. The molecule has 0 aliphatic carbocycles. The first-order valence-corrected chi connectivity index (χ1v) is 11.8. The average Bonchev–Trinajstić information content (AvgIpc) is 2.88. The number of nitrogens with zero attached hydrogens (tertiary/aromatic N) is 1. The standard InChI is InChI=1S/C26H34N4O6/c1-17(31)27-22(15-18-9-10-20(34-2)16-24(18)36-4)25(32)28-19-11-13-30(14-12-19)26(33)29-21-7-5-6-8-23(21)35-3/h5-10,16,19,22H,11-15H2,1-4H3,(H,27,31)(H,28,32)(H,29,33)/t22-/m0/s1. The van der Waals surface area contributed by atoms with Crippen molar-refractivity contribution in [3.63, 3.8) is 0 Å². The number of methoxy groups -OCH3 is 3. The highest BCUT2D eigenvalue weighted by Crippen LogP contribution is 2.26. The monoisotopic (exact) mass is 498 g/mol. The van der Waals surface area contributed by atoms with Crippen LogP contribution < -0.4 is 30.2 Å². The molecule has 0 saturated carbocycles. The van der Waals surface area contributed by atoms with Crippen LogP contribution in [-0.4, -0.2) is 69.2 Å². The van der Waals surface area contributed by atoms with Gasteiger partial charge in [0, 0.05) is 38.5 Å². The fourth-order valence-electron chi connectivity index (χ4n) is 4.17. The number of hydrogen-bond donors (Lipinski definition) is 3. The summed E-state index contributed by atoms with van der Waals surface area (Å²) in [5, 5.41) is 8.65. The van der Waals surface area contributed by atoms with E-state index in [2.05, 4.69) is 16.0 Å². The molecule has 36 heavy (non-hydrogen) atoms. The molecule has 0 unspecified atom stereocenters. The fourth-order valence-corrected chi connectivity index (χ4v) is 4.17. The van der Waals surface area contributed by atoms with Crippen LogP contribution in [0.1, 0.15) is 25.3 Å². The van der Waals surface area contributed by atoms with Crippen molar-refractivity contribution in [1.82, 2.24) is 15.5 Å². The van der Waals surface area contributed by atoms with Crippen molar-refractivity contribution in [2.45, 2.75) is 38.3 Å². The summed E-state index contributed by atoms with van der Waals surface area (Å²) in [6.07, 6.45) is 1.46. The van der Waals surface area contributed by atoms with E-state index in [4.69, 9.17) is 14.2 Å². The molecule has 4 amide bonds. The summed E-state index contributed by atoms with van der Waals surface area (Å²) < 4.78 is 16.0. The van der Waals surface area contributed by atoms with Crippen molar-refractivity contribution < 1.29 is 28.6 Å². The summed E-state index contributed by atoms with van der Waals surface area (Å²) in [7, 11) is 4.66. The maximum Gasteiger partial charge on any atom is 0.321 e. The molecule has 194 valence electrons. The van der Waals surface area contributed by atoms with Gasteiger partial charge in [-0.05, 0) is 36.6 Å². The molecular weight excluding hydrogens is 464 g/mol. The van der Waals surface area contributed by atoms with Gasteiger partial charge in [-0.3, -0.25) is 9.59 Å². The van der Waals surface area contributed by atoms with E-state index in [0.29, 0.717) is 48.9 Å². The second-order valence-electron chi connectivity index (χ2n) is 8.54. The molecule has 0 radical (unpaired) electrons. The normalized spacial score (nSPS) is 14.4. The number of urea groups is 1. The number of hydrogen-bond acceptors (Lipinski definition) is 6. The maximum absolute atomic E-state index is 13.1. The van der Waals surface area contributed by atoms with Gasteiger partial charge < -0.3 is 35.1 Å². The third-order valence-electron chi connectivity index (χ3n) is 6.09. The molecule has 10 heteroatoms. The Hall–Kier alpha value is -3.95. The molecular formula is C26H34N4O6. The highest BCUT2D eigenvalue weighted by molar-refractivity contribution is 5.91. The van der Waals surface area contributed by atoms with Crippen LogP contribution in [0.2, 0.25) is 0 Å². The number of carbonyl (C=O) groups is 3. The van der Waals surface area contributed by atoms with Crippen molar-refractivity contribution in [3.8, 4) is 17.2 Å². The van der Waals surface area contributed by atoms with E-state index in [1.54, 1.807) is 50.5 Å². The summed E-state index contributed by atoms with van der Waals surface area (Å²) >= 11 is 0. The van der Waals surface area contributed by atoms with Gasteiger partial charge in [0.1, 0.15) is 23.3 Å². The van der Waals surface area contributed by atoms with E-state index in [0.717, 1.165) is 5.56 Å². The van der Waals surface area contributed by atoms with Crippen molar-refractivity contribution in [3.05, 3.63) is 48.0 Å². The molecule has 2 aromatic carbocycles. The van der Waals surface area contributed by atoms with Crippen LogP contribution in [0, 0.1) is 0 Å². The van der Waals surface area contributed by atoms with E-state index in [9.17, 15) is 14.4 Å². The molecule has 2 aromatic rings. The van der Waals surface area contributed by atoms with Crippen LogP contribution in [-0.2, 0) is 16.0 Å². The fraction of sp³-hybridized carbons (Fsp3) is 0.423. The highest BCUT2D eigenvalue weighted by atomic mass is 16.5. The molecule has 1 heterocycles. The lowest BCUT2D eigenvalue weighted by molar-refractivity contribution is -0.128. The minimum absolute atomic E-state index is 0.109. The van der Waals surface area contributed by atoms with Gasteiger partial charge in [0.15, 0.2) is 0 Å². The number of amides is 4. The zero-order valence-corrected chi connectivity index (χ0v) is 21.1. The summed E-state index contributed by atoms with van der Waals surface area (Å²) in [6.45, 7) is 2.36. The highest BCUT2D eigenvalue weighted by Gasteiger charge is 2.28. The maximum atomic E-state index is 13.1. The minimum atomic E-state index is -0.767. The lowest BCUT2D eigenvalue weighted by Gasteiger charge is -2.33. The predicted octanol–water partition coefficient (Wildman–Crippen LogP) is 2.57. The Morgan fingerprint density at radius 3 is 2.31 bits per heavy atom. The van der Waals surface area contributed by atoms with Crippen molar-refractivity contribution >= 4 is 23.5 Å². The predicted molar refractivity (Wildman–Crippen MR) is 136 cm³/mol. The Morgan fingerprint density at radius 1 is 0.972 bits per heavy atom. The molecule has 1 fully saturated rings. The van der Waals surface area contributed by atoms with E-state index in [-0.39, 0.29) is 30.3 Å². The number of benzene rings is 2. The first kappa shape index (κ1) is 26.7. The molecule has 1 aliphatic heterocycles. The zero-order valence-electron chi connectivity index (χ0n) is 21.1. The van der Waals surface area contributed by atoms with Crippen LogP contribution in [0.4, 0.5) is 10.5 Å². The van der Waals surface area contributed by atoms with Gasteiger partial charge in [-0.2, -0.15) is 0 Å². The Balaban J connectivity index is 1.57. The number of nitrogens with one attached hydrogen (secondary N) is 3. The van der Waals surface area contributed by atoms with Crippen molar-refractivity contribution in [1.29, 1.82) is 0 Å². The number of carbonyl (C=O) groups excluding carboxylic acids is 3. The van der Waals surface area contributed by atoms with E-state index in [1.165, 1.54) is 6.92 Å². The minimum Gasteiger partial charge on any atom is -0.497 e. The van der Waals surface area contributed by atoms with Gasteiger partial charge in [-0.25, -0.2) is 4.79 Å². The lowest BCUT2D eigenvalue weighted by atomic mass is 10.0. The van der Waals surface area contributed by atoms with Crippen LogP contribution in [0.25, 0.3) is 0 Å². The van der Waals surface area contributed by atoms with Crippen molar-refractivity contribution in [2.75, 3.05) is 39.7 Å². The Kier molecular flexibility index (Phi) is 9.38. The van der Waals surface area contributed by atoms with Gasteiger partial charge in [-0.15, -0.1) is 0 Å². The van der Waals surface area contributed by atoms with Gasteiger partial charge >= 0.3 is 6.03 Å². The Morgan fingerprint density at radius 2 is 1.67 bits per heavy atom. The first-order valence-electron chi connectivity index (χ1n) is 11.8. The largest absolute Gasteiger partial charge is 0.497 e. The number of para-hydroxylation sites is 2. The Labute approximate surface area is 211 Å². The first-order chi connectivity index (χ1) is 17.3. The SMILES string of the molecule is COc1ccc(C[C@H](NC(C)=O)C(=O)NC2CCN(C(=O)Nc3ccccc3OC)CC2)c(OC)c1. The van der Waals surface area contributed by atoms with Crippen molar-refractivity contribution in [2.24, 2.45) is 0 Å². The summed E-state index contributed by atoms with van der Waals surface area (Å²) in [5.74, 6) is 1.22. The van der Waals surface area contributed by atoms with Crippen LogP contribution >= 0.6 is 0 Å². The smallest absolute Gasteiger partial charge is 0.321 e. The van der Waals surface area contributed by atoms with Crippen LogP contribution in [0.15, 0.2) is 42.5 Å². The van der Waals surface area contributed by atoms with Gasteiger partial charge in [0.05, 0.1) is 27.0 Å². The quantitative estimate of drug-likeness (QED) is 0.489. The summed E-state index contributed by atoms with van der Waals surface area (Å²) in [5.41, 5.74) is 1.38. The average molecular weight is 499 g/mol. The van der Waals surface area contributed by atoms with Gasteiger partial charge in [0.25, 0.3) is 0 Å². The van der Waals surface area contributed by atoms with Gasteiger partial charge in [-0.1, -0.05) is 18.2 Å². The molecule has 0 bridgehead atoms. The lowest BCUT2D eigenvalue weighted by Crippen LogP contribution is -2.53. The molecule has 1 saturated heterocycles. The third-order valence-corrected chi connectivity index (χ3v) is 6.09. The molecule has 10 nitrogen and oxygen atoms in total. The second-order valence-corrected chi connectivity index (χ2v) is 8.54. The van der Waals surface area contributed by atoms with Gasteiger partial charge in [0.2, 0.25) is 11.8 Å². The second kappa shape index (κ2) is 12.7. The van der Waals surface area contributed by atoms with E-state index < -0.39 is 6.04 Å². The third kappa shape index (κ3) is 7.03. The molecule has 0 aromatic heterocycles. The summed E-state index contributed by atoms with van der Waals surface area (Å²) in [6, 6.07) is 11.5. The Bertz CT molecular complexity index is 1070. The van der Waals surface area contributed by atoms with Crippen LogP contribution in [0.3, 0.4) is 0 Å². The van der Waals surface area contributed by atoms with Crippen LogP contribution in [0.5, 0.6) is 17.2 Å². The molecule has 3 rings (SSSR count). The molecule has 3 N–H and O–H groups in total. The molecule has 1 aliphatic rings.